The first-order valence-electron chi connectivity index (χ1n) is 19.3. The molecule has 2 saturated carbocycles. The maximum atomic E-state index is 9.56. The number of benzene rings is 6. The molecule has 4 heteroatoms. The summed E-state index contributed by atoms with van der Waals surface area (Å²) in [5.41, 5.74) is 11.7. The van der Waals surface area contributed by atoms with E-state index in [-0.39, 0.29) is 5.41 Å². The molecular formula is C50H42N4. The van der Waals surface area contributed by atoms with Gasteiger partial charge in [-0.05, 0) is 112 Å². The van der Waals surface area contributed by atoms with Gasteiger partial charge in [-0.3, -0.25) is 0 Å². The van der Waals surface area contributed by atoms with E-state index in [4.69, 9.17) is 15.0 Å². The molecule has 1 heterocycles. The second-order valence-corrected chi connectivity index (χ2v) is 15.4. The SMILES string of the molecule is C[C@H]1C[C@H]2CCCC(c3ccc(-c4nc(-c5cccc(-c6ccccc6)c5)nc(-c5ccc(-c6ccccc6)cc5-c5ccc(C#N)cc5)n4)cc3)(C1)C2. The van der Waals surface area contributed by atoms with Crippen LogP contribution in [0.4, 0.5) is 0 Å². The Bertz CT molecular complexity index is 2460. The molecule has 1 unspecified atom stereocenters. The molecule has 9 rings (SSSR count). The summed E-state index contributed by atoms with van der Waals surface area (Å²) < 4.78 is 0. The molecule has 6 aromatic carbocycles. The van der Waals surface area contributed by atoms with E-state index in [2.05, 4.69) is 128 Å². The average Bonchev–Trinajstić information content (AvgIpc) is 3.24. The van der Waals surface area contributed by atoms with E-state index in [1.54, 1.807) is 0 Å². The summed E-state index contributed by atoms with van der Waals surface area (Å²) in [7, 11) is 0. The van der Waals surface area contributed by atoms with Crippen molar-refractivity contribution in [3.63, 3.8) is 0 Å². The van der Waals surface area contributed by atoms with Crippen LogP contribution in [0.5, 0.6) is 0 Å². The Morgan fingerprint density at radius 1 is 0.537 bits per heavy atom. The van der Waals surface area contributed by atoms with Gasteiger partial charge in [0.25, 0.3) is 0 Å². The van der Waals surface area contributed by atoms with Crippen LogP contribution in [0.15, 0.2) is 152 Å². The lowest BCUT2D eigenvalue weighted by Crippen LogP contribution is -2.39. The van der Waals surface area contributed by atoms with Gasteiger partial charge < -0.3 is 0 Å². The van der Waals surface area contributed by atoms with Gasteiger partial charge in [0.2, 0.25) is 0 Å². The first kappa shape index (κ1) is 33.6. The van der Waals surface area contributed by atoms with Gasteiger partial charge >= 0.3 is 0 Å². The maximum absolute atomic E-state index is 9.56. The minimum atomic E-state index is 0.281. The van der Waals surface area contributed by atoms with Gasteiger partial charge in [0.05, 0.1) is 11.6 Å². The molecule has 2 fully saturated rings. The zero-order valence-electron chi connectivity index (χ0n) is 30.6. The number of nitrogens with zero attached hydrogens (tertiary/aromatic N) is 4. The van der Waals surface area contributed by atoms with Crippen LogP contribution >= 0.6 is 0 Å². The van der Waals surface area contributed by atoms with Crippen molar-refractivity contribution in [1.82, 2.24) is 15.0 Å². The molecular weight excluding hydrogens is 657 g/mol. The van der Waals surface area contributed by atoms with Gasteiger partial charge in [0.15, 0.2) is 17.5 Å². The molecule has 0 saturated heterocycles. The van der Waals surface area contributed by atoms with Gasteiger partial charge in [0, 0.05) is 16.7 Å². The molecule has 0 aliphatic heterocycles. The lowest BCUT2D eigenvalue weighted by atomic mass is 9.57. The highest BCUT2D eigenvalue weighted by molar-refractivity contribution is 5.86. The van der Waals surface area contributed by atoms with Crippen molar-refractivity contribution in [1.29, 1.82) is 5.26 Å². The van der Waals surface area contributed by atoms with E-state index in [0.29, 0.717) is 23.0 Å². The van der Waals surface area contributed by atoms with E-state index < -0.39 is 0 Å². The van der Waals surface area contributed by atoms with E-state index in [1.807, 2.05) is 36.4 Å². The minimum absolute atomic E-state index is 0.281. The van der Waals surface area contributed by atoms with Crippen LogP contribution in [0.1, 0.15) is 56.6 Å². The fourth-order valence-electron chi connectivity index (χ4n) is 9.28. The quantitative estimate of drug-likeness (QED) is 0.166. The van der Waals surface area contributed by atoms with Gasteiger partial charge in [-0.2, -0.15) is 5.26 Å². The second kappa shape index (κ2) is 14.3. The molecule has 1 aromatic heterocycles. The van der Waals surface area contributed by atoms with Crippen LogP contribution in [-0.2, 0) is 5.41 Å². The van der Waals surface area contributed by atoms with Crippen LogP contribution in [0.3, 0.4) is 0 Å². The Labute approximate surface area is 318 Å². The highest BCUT2D eigenvalue weighted by Gasteiger charge is 2.42. The third kappa shape index (κ3) is 6.63. The molecule has 2 bridgehead atoms. The standard InChI is InChI=1S/C50H42N4/c1-34-28-36-10-9-27-50(31-34,32-36)44-24-21-40(22-25-44)47-52-48(43-16-8-15-41(29-43)37-11-4-2-5-12-37)54-49(53-47)45-26-23-42(38-13-6-3-7-14-38)30-46(45)39-19-17-35(33-51)18-20-39/h2-8,11-26,29-30,34,36H,9-10,27-28,31-32H2,1H3/t34-,36+,50?/m0/s1. The van der Waals surface area contributed by atoms with Crippen LogP contribution in [0, 0.1) is 23.2 Å². The van der Waals surface area contributed by atoms with Crippen molar-refractivity contribution in [3.05, 3.63) is 163 Å². The largest absolute Gasteiger partial charge is 0.208 e. The van der Waals surface area contributed by atoms with Crippen LogP contribution in [-0.4, -0.2) is 15.0 Å². The molecule has 4 nitrogen and oxygen atoms in total. The fourth-order valence-corrected chi connectivity index (χ4v) is 9.28. The Balaban J connectivity index is 1.20. The molecule has 0 spiro atoms. The van der Waals surface area contributed by atoms with Gasteiger partial charge in [-0.25, -0.2) is 15.0 Å². The van der Waals surface area contributed by atoms with Crippen LogP contribution in [0.2, 0.25) is 0 Å². The fraction of sp³-hybridized carbons (Fsp3) is 0.200. The van der Waals surface area contributed by atoms with E-state index in [1.165, 1.54) is 44.1 Å². The third-order valence-electron chi connectivity index (χ3n) is 11.7. The summed E-state index contributed by atoms with van der Waals surface area (Å²) in [5, 5.41) is 9.56. The molecule has 0 amide bonds. The number of rotatable bonds is 7. The number of aromatic nitrogens is 3. The zero-order valence-corrected chi connectivity index (χ0v) is 30.6. The first-order chi connectivity index (χ1) is 26.5. The van der Waals surface area contributed by atoms with E-state index in [9.17, 15) is 5.26 Å². The lowest BCUT2D eigenvalue weighted by molar-refractivity contribution is 0.110. The number of hydrogen-bond donors (Lipinski definition) is 0. The lowest BCUT2D eigenvalue weighted by Gasteiger charge is -2.48. The summed E-state index contributed by atoms with van der Waals surface area (Å²) in [6.45, 7) is 2.44. The zero-order chi connectivity index (χ0) is 36.5. The molecule has 3 atom stereocenters. The monoisotopic (exact) mass is 698 g/mol. The van der Waals surface area contributed by atoms with Gasteiger partial charge in [-0.15, -0.1) is 0 Å². The highest BCUT2D eigenvalue weighted by Crippen LogP contribution is 2.52. The Morgan fingerprint density at radius 3 is 1.83 bits per heavy atom. The molecule has 0 radical (unpaired) electrons. The summed E-state index contributed by atoms with van der Waals surface area (Å²) >= 11 is 0. The summed E-state index contributed by atoms with van der Waals surface area (Å²) in [6.07, 6.45) is 7.94. The van der Waals surface area contributed by atoms with Crippen LogP contribution < -0.4 is 0 Å². The molecule has 7 aromatic rings. The molecule has 2 aliphatic rings. The minimum Gasteiger partial charge on any atom is -0.208 e. The third-order valence-corrected chi connectivity index (χ3v) is 11.7. The molecule has 54 heavy (non-hydrogen) atoms. The normalized spacial score (nSPS) is 19.2. The maximum Gasteiger partial charge on any atom is 0.164 e. The average molecular weight is 699 g/mol. The Morgan fingerprint density at radius 2 is 1.13 bits per heavy atom. The smallest absolute Gasteiger partial charge is 0.164 e. The van der Waals surface area contributed by atoms with E-state index in [0.717, 1.165) is 61.9 Å². The van der Waals surface area contributed by atoms with Gasteiger partial charge in [-0.1, -0.05) is 141 Å². The number of nitriles is 1. The van der Waals surface area contributed by atoms with Crippen molar-refractivity contribution in [2.24, 2.45) is 11.8 Å². The van der Waals surface area contributed by atoms with Crippen molar-refractivity contribution in [2.45, 2.75) is 50.9 Å². The van der Waals surface area contributed by atoms with Crippen molar-refractivity contribution >= 4 is 0 Å². The molecule has 2 aliphatic carbocycles. The Hall–Kier alpha value is -6.18. The number of fused-ring (bicyclic) bond motifs is 2. The molecule has 262 valence electrons. The van der Waals surface area contributed by atoms with Crippen molar-refractivity contribution in [2.75, 3.05) is 0 Å². The second-order valence-electron chi connectivity index (χ2n) is 15.4. The predicted octanol–water partition coefficient (Wildman–Crippen LogP) is 12.6. The number of hydrogen-bond acceptors (Lipinski definition) is 4. The Kier molecular flexibility index (Phi) is 8.93. The highest BCUT2D eigenvalue weighted by atomic mass is 15.0. The summed E-state index contributed by atoms with van der Waals surface area (Å²) in [6, 6.07) is 55.0. The first-order valence-corrected chi connectivity index (χ1v) is 19.3. The molecule has 0 N–H and O–H groups in total. The van der Waals surface area contributed by atoms with E-state index >= 15 is 0 Å². The summed E-state index contributed by atoms with van der Waals surface area (Å²) in [5.74, 6) is 3.51. The topological polar surface area (TPSA) is 62.5 Å². The summed E-state index contributed by atoms with van der Waals surface area (Å²) in [4.78, 5) is 15.6. The van der Waals surface area contributed by atoms with Crippen molar-refractivity contribution in [3.8, 4) is 73.6 Å². The van der Waals surface area contributed by atoms with Crippen LogP contribution in [0.25, 0.3) is 67.5 Å². The van der Waals surface area contributed by atoms with Gasteiger partial charge in [0.1, 0.15) is 0 Å². The predicted molar refractivity (Wildman–Crippen MR) is 219 cm³/mol. The van der Waals surface area contributed by atoms with Crippen molar-refractivity contribution < 1.29 is 0 Å².